The Hall–Kier alpha value is -0.950. The molecular weight excluding hydrogens is 240 g/mol. The molecule has 0 aliphatic carbocycles. The number of aryl methyl sites for hydroxylation is 1. The number of piperazine rings is 1. The molecule has 2 unspecified atom stereocenters. The van der Waals surface area contributed by atoms with E-state index in [1.165, 1.54) is 5.69 Å². The van der Waals surface area contributed by atoms with Gasteiger partial charge in [0.05, 0.1) is 11.7 Å². The van der Waals surface area contributed by atoms with Gasteiger partial charge in [0.15, 0.2) is 0 Å². The first-order valence-corrected chi connectivity index (χ1v) is 7.02. The Morgan fingerprint density at radius 3 is 2.95 bits per heavy atom. The first-order chi connectivity index (χ1) is 9.15. The summed E-state index contributed by atoms with van der Waals surface area (Å²) < 4.78 is 2.01. The van der Waals surface area contributed by atoms with Crippen LogP contribution in [0.3, 0.4) is 0 Å². The molecule has 3 N–H and O–H groups in total. The maximum atomic E-state index is 5.76. The van der Waals surface area contributed by atoms with Gasteiger partial charge in [-0.05, 0) is 33.5 Å². The van der Waals surface area contributed by atoms with Crippen molar-refractivity contribution in [3.63, 3.8) is 0 Å². The number of aromatic nitrogens is 2. The molecule has 2 heterocycles. The third-order valence-electron chi connectivity index (χ3n) is 4.10. The second kappa shape index (κ2) is 6.47. The zero-order valence-electron chi connectivity index (χ0n) is 12.2. The fourth-order valence-electron chi connectivity index (χ4n) is 2.81. The highest BCUT2D eigenvalue weighted by Gasteiger charge is 2.26. The number of rotatable bonds is 5. The first-order valence-electron chi connectivity index (χ1n) is 7.02. The van der Waals surface area contributed by atoms with Crippen molar-refractivity contribution in [1.29, 1.82) is 0 Å². The monoisotopic (exact) mass is 266 g/mol. The lowest BCUT2D eigenvalue weighted by Crippen LogP contribution is -2.51. The predicted octanol–water partition coefficient (Wildman–Crippen LogP) is 0.0433. The van der Waals surface area contributed by atoms with Gasteiger partial charge in [-0.15, -0.1) is 0 Å². The highest BCUT2D eigenvalue weighted by molar-refractivity contribution is 5.07. The van der Waals surface area contributed by atoms with Gasteiger partial charge in [-0.1, -0.05) is 0 Å². The van der Waals surface area contributed by atoms with Crippen LogP contribution in [0.2, 0.25) is 0 Å². The summed E-state index contributed by atoms with van der Waals surface area (Å²) in [6.45, 7) is 6.33. The highest BCUT2D eigenvalue weighted by Crippen LogP contribution is 2.21. The zero-order chi connectivity index (χ0) is 13.8. The third kappa shape index (κ3) is 3.33. The van der Waals surface area contributed by atoms with E-state index in [0.29, 0.717) is 6.04 Å². The van der Waals surface area contributed by atoms with Crippen LogP contribution in [0.15, 0.2) is 12.3 Å². The molecule has 0 radical (unpaired) electrons. The minimum absolute atomic E-state index is 0.154. The smallest absolute Gasteiger partial charge is 0.0644 e. The SMILES string of the molecule is CCn1nccc1C(CC1CN(C)CCN1C)NN. The first kappa shape index (κ1) is 14.5. The fourth-order valence-corrected chi connectivity index (χ4v) is 2.81. The lowest BCUT2D eigenvalue weighted by atomic mass is 10.0. The average Bonchev–Trinajstić information content (AvgIpc) is 2.88. The molecule has 1 aliphatic heterocycles. The van der Waals surface area contributed by atoms with Gasteiger partial charge >= 0.3 is 0 Å². The van der Waals surface area contributed by atoms with Crippen LogP contribution >= 0.6 is 0 Å². The minimum atomic E-state index is 0.154. The Morgan fingerprint density at radius 2 is 2.26 bits per heavy atom. The van der Waals surface area contributed by atoms with Crippen molar-refractivity contribution in [3.8, 4) is 0 Å². The van der Waals surface area contributed by atoms with Gasteiger partial charge in [-0.25, -0.2) is 0 Å². The minimum Gasteiger partial charge on any atom is -0.304 e. The summed E-state index contributed by atoms with van der Waals surface area (Å²) >= 11 is 0. The van der Waals surface area contributed by atoms with E-state index in [1.54, 1.807) is 0 Å². The van der Waals surface area contributed by atoms with Crippen LogP contribution < -0.4 is 11.3 Å². The summed E-state index contributed by atoms with van der Waals surface area (Å²) in [5.41, 5.74) is 4.13. The molecule has 1 fully saturated rings. The van der Waals surface area contributed by atoms with Crippen molar-refractivity contribution in [2.24, 2.45) is 5.84 Å². The Bertz CT molecular complexity index is 390. The fraction of sp³-hybridized carbons (Fsp3) is 0.769. The maximum Gasteiger partial charge on any atom is 0.0644 e. The third-order valence-corrected chi connectivity index (χ3v) is 4.10. The number of nitrogens with two attached hydrogens (primary N) is 1. The Labute approximate surface area is 115 Å². The molecular formula is C13H26N6. The molecule has 1 aromatic rings. The molecule has 2 rings (SSSR count). The van der Waals surface area contributed by atoms with E-state index in [9.17, 15) is 0 Å². The van der Waals surface area contributed by atoms with Crippen LogP contribution in [0.25, 0.3) is 0 Å². The van der Waals surface area contributed by atoms with Crippen LogP contribution in [0, 0.1) is 0 Å². The molecule has 0 amide bonds. The Morgan fingerprint density at radius 1 is 1.47 bits per heavy atom. The highest BCUT2D eigenvalue weighted by atomic mass is 15.3. The lowest BCUT2D eigenvalue weighted by Gasteiger charge is -2.39. The quantitative estimate of drug-likeness (QED) is 0.582. The molecule has 0 aromatic carbocycles. The van der Waals surface area contributed by atoms with Gasteiger partial charge in [-0.3, -0.25) is 16.0 Å². The second-order valence-electron chi connectivity index (χ2n) is 5.42. The second-order valence-corrected chi connectivity index (χ2v) is 5.42. The van der Waals surface area contributed by atoms with Crippen LogP contribution in [0.1, 0.15) is 25.1 Å². The van der Waals surface area contributed by atoms with Crippen LogP contribution in [-0.2, 0) is 6.54 Å². The van der Waals surface area contributed by atoms with E-state index in [0.717, 1.165) is 32.6 Å². The number of nitrogens with zero attached hydrogens (tertiary/aromatic N) is 4. The zero-order valence-corrected chi connectivity index (χ0v) is 12.2. The lowest BCUT2D eigenvalue weighted by molar-refractivity contribution is 0.100. The molecule has 0 spiro atoms. The average molecular weight is 266 g/mol. The van der Waals surface area contributed by atoms with Gasteiger partial charge in [0, 0.05) is 38.4 Å². The number of hydrazine groups is 1. The molecule has 6 heteroatoms. The molecule has 2 atom stereocenters. The summed E-state index contributed by atoms with van der Waals surface area (Å²) in [5.74, 6) is 5.76. The van der Waals surface area contributed by atoms with Crippen LogP contribution in [0.4, 0.5) is 0 Å². The Kier molecular flexibility index (Phi) is 4.93. The summed E-state index contributed by atoms with van der Waals surface area (Å²) in [4.78, 5) is 4.81. The van der Waals surface area contributed by atoms with Crippen LogP contribution in [0.5, 0.6) is 0 Å². The van der Waals surface area contributed by atoms with E-state index >= 15 is 0 Å². The van der Waals surface area contributed by atoms with E-state index in [2.05, 4.69) is 47.4 Å². The molecule has 19 heavy (non-hydrogen) atoms. The van der Waals surface area contributed by atoms with Gasteiger partial charge in [0.1, 0.15) is 0 Å². The summed E-state index contributed by atoms with van der Waals surface area (Å²) in [6, 6.07) is 2.74. The molecule has 108 valence electrons. The number of likely N-dealkylation sites (N-methyl/N-ethyl adjacent to an activating group) is 2. The molecule has 1 aliphatic rings. The van der Waals surface area contributed by atoms with E-state index in [1.807, 2.05) is 10.9 Å². The molecule has 6 nitrogen and oxygen atoms in total. The summed E-state index contributed by atoms with van der Waals surface area (Å²) in [6.07, 6.45) is 2.85. The van der Waals surface area contributed by atoms with E-state index < -0.39 is 0 Å². The summed E-state index contributed by atoms with van der Waals surface area (Å²) in [7, 11) is 4.38. The van der Waals surface area contributed by atoms with Gasteiger partial charge in [-0.2, -0.15) is 5.10 Å². The Balaban J connectivity index is 2.06. The molecule has 0 saturated carbocycles. The molecule has 0 bridgehead atoms. The van der Waals surface area contributed by atoms with Crippen molar-refractivity contribution in [3.05, 3.63) is 18.0 Å². The standard InChI is InChI=1S/C13H26N6/c1-4-19-13(5-6-15-19)12(16-14)9-11-10-17(2)7-8-18(11)3/h5-6,11-12,16H,4,7-10,14H2,1-3H3. The van der Waals surface area contributed by atoms with Gasteiger partial charge < -0.3 is 9.80 Å². The van der Waals surface area contributed by atoms with Gasteiger partial charge in [0.25, 0.3) is 0 Å². The maximum absolute atomic E-state index is 5.76. The van der Waals surface area contributed by atoms with Crippen molar-refractivity contribution in [1.82, 2.24) is 25.0 Å². The number of hydrogen-bond acceptors (Lipinski definition) is 5. The van der Waals surface area contributed by atoms with Crippen molar-refractivity contribution >= 4 is 0 Å². The summed E-state index contributed by atoms with van der Waals surface area (Å²) in [5, 5.41) is 4.33. The number of nitrogens with one attached hydrogen (secondary N) is 1. The van der Waals surface area contributed by atoms with E-state index in [4.69, 9.17) is 5.84 Å². The van der Waals surface area contributed by atoms with Crippen molar-refractivity contribution < 1.29 is 0 Å². The topological polar surface area (TPSA) is 62.4 Å². The van der Waals surface area contributed by atoms with Crippen LogP contribution in [-0.4, -0.2) is 59.4 Å². The van der Waals surface area contributed by atoms with Crippen molar-refractivity contribution in [2.75, 3.05) is 33.7 Å². The van der Waals surface area contributed by atoms with Gasteiger partial charge in [0.2, 0.25) is 0 Å². The largest absolute Gasteiger partial charge is 0.304 e. The normalized spacial score (nSPS) is 23.7. The number of hydrogen-bond donors (Lipinski definition) is 2. The predicted molar refractivity (Wildman–Crippen MR) is 76.5 cm³/mol. The molecule has 1 aromatic heterocycles. The molecule has 1 saturated heterocycles. The van der Waals surface area contributed by atoms with E-state index in [-0.39, 0.29) is 6.04 Å². The van der Waals surface area contributed by atoms with Crippen molar-refractivity contribution in [2.45, 2.75) is 32.0 Å².